The molecule has 0 amide bonds. The molecular weight excluding hydrogens is 146 g/mol. The smallest absolute Gasteiger partial charge is 0.309 e. The number of carbonyl (C=O) groups excluding carboxylic acids is 1. The van der Waals surface area contributed by atoms with E-state index in [4.69, 9.17) is 5.11 Å². The standard InChI is InChI=1S/C7H6NO3/c9-5-8-3-1-2-6(8)4-7(10)11/h2-3,5H,4H2,(H,10,11). The molecule has 0 fully saturated rings. The lowest BCUT2D eigenvalue weighted by Crippen LogP contribution is -2.06. The first-order valence-corrected chi connectivity index (χ1v) is 2.98. The van der Waals surface area contributed by atoms with Crippen LogP contribution in [0.4, 0.5) is 0 Å². The van der Waals surface area contributed by atoms with Crippen molar-refractivity contribution in [3.63, 3.8) is 0 Å². The molecule has 0 spiro atoms. The quantitative estimate of drug-likeness (QED) is 0.618. The van der Waals surface area contributed by atoms with E-state index in [0.29, 0.717) is 12.1 Å². The Kier molecular flexibility index (Phi) is 2.06. The van der Waals surface area contributed by atoms with E-state index in [0.717, 1.165) is 0 Å². The van der Waals surface area contributed by atoms with Crippen LogP contribution in [0, 0.1) is 6.07 Å². The van der Waals surface area contributed by atoms with E-state index in [2.05, 4.69) is 6.07 Å². The Morgan fingerprint density at radius 1 is 1.82 bits per heavy atom. The molecule has 11 heavy (non-hydrogen) atoms. The van der Waals surface area contributed by atoms with Crippen molar-refractivity contribution < 1.29 is 14.7 Å². The predicted octanol–water partition coefficient (Wildman–Crippen LogP) is -0.0463. The van der Waals surface area contributed by atoms with Crippen LogP contribution < -0.4 is 0 Å². The highest BCUT2D eigenvalue weighted by Gasteiger charge is 2.03. The summed E-state index contributed by atoms with van der Waals surface area (Å²) in [5.41, 5.74) is 0.438. The van der Waals surface area contributed by atoms with Crippen LogP contribution in [0.5, 0.6) is 0 Å². The minimum absolute atomic E-state index is 0.151. The van der Waals surface area contributed by atoms with E-state index in [1.54, 1.807) is 0 Å². The SMILES string of the molecule is O=Cn1c[c]cc1CC(=O)O. The number of carboxylic acid groups (broad SMARTS) is 1. The Balaban J connectivity index is 2.84. The van der Waals surface area contributed by atoms with E-state index < -0.39 is 5.97 Å². The van der Waals surface area contributed by atoms with Gasteiger partial charge < -0.3 is 5.11 Å². The summed E-state index contributed by atoms with van der Waals surface area (Å²) in [7, 11) is 0. The van der Waals surface area contributed by atoms with Crippen molar-refractivity contribution in [1.82, 2.24) is 4.57 Å². The van der Waals surface area contributed by atoms with Crippen LogP contribution in [0.2, 0.25) is 0 Å². The fraction of sp³-hybridized carbons (Fsp3) is 0.143. The summed E-state index contributed by atoms with van der Waals surface area (Å²) in [4.78, 5) is 20.4. The van der Waals surface area contributed by atoms with Crippen molar-refractivity contribution in [2.75, 3.05) is 0 Å². The van der Waals surface area contributed by atoms with E-state index in [-0.39, 0.29) is 6.42 Å². The maximum atomic E-state index is 10.2. The van der Waals surface area contributed by atoms with Gasteiger partial charge in [-0.2, -0.15) is 0 Å². The highest BCUT2D eigenvalue weighted by molar-refractivity contribution is 5.71. The van der Waals surface area contributed by atoms with Crippen LogP contribution in [0.25, 0.3) is 0 Å². The minimum Gasteiger partial charge on any atom is -0.481 e. The molecule has 1 aromatic heterocycles. The molecule has 4 nitrogen and oxygen atoms in total. The summed E-state index contributed by atoms with van der Waals surface area (Å²) < 4.78 is 1.19. The number of aliphatic carboxylic acids is 1. The van der Waals surface area contributed by atoms with Crippen LogP contribution in [-0.2, 0) is 16.0 Å². The minimum atomic E-state index is -0.958. The number of rotatable bonds is 3. The van der Waals surface area contributed by atoms with Gasteiger partial charge in [0.15, 0.2) is 0 Å². The third kappa shape index (κ3) is 1.67. The third-order valence-electron chi connectivity index (χ3n) is 1.24. The maximum absolute atomic E-state index is 10.2. The lowest BCUT2D eigenvalue weighted by atomic mass is 10.3. The first-order valence-electron chi connectivity index (χ1n) is 2.98. The molecule has 0 saturated carbocycles. The molecule has 0 unspecified atom stereocenters. The van der Waals surface area contributed by atoms with Crippen LogP contribution in [0.3, 0.4) is 0 Å². The molecule has 0 aliphatic rings. The summed E-state index contributed by atoms with van der Waals surface area (Å²) in [6.45, 7) is 0. The molecular formula is C7H6NO3. The largest absolute Gasteiger partial charge is 0.481 e. The molecule has 0 atom stereocenters. The number of carboxylic acids is 1. The van der Waals surface area contributed by atoms with Gasteiger partial charge in [-0.05, 0) is 6.07 Å². The molecule has 0 bridgehead atoms. The van der Waals surface area contributed by atoms with Crippen molar-refractivity contribution in [2.45, 2.75) is 6.42 Å². The Bertz CT molecular complexity index is 277. The third-order valence-corrected chi connectivity index (χ3v) is 1.24. The number of hydrogen-bond donors (Lipinski definition) is 1. The zero-order chi connectivity index (χ0) is 8.27. The molecule has 1 aromatic rings. The highest BCUT2D eigenvalue weighted by Crippen LogP contribution is 1.99. The lowest BCUT2D eigenvalue weighted by Gasteiger charge is -1.95. The van der Waals surface area contributed by atoms with E-state index in [1.807, 2.05) is 0 Å². The average Bonchev–Trinajstić information content (AvgIpc) is 2.34. The summed E-state index contributed by atoms with van der Waals surface area (Å²) in [6.07, 6.45) is 1.79. The molecule has 4 heteroatoms. The van der Waals surface area contributed by atoms with Crippen LogP contribution in [0.15, 0.2) is 12.3 Å². The van der Waals surface area contributed by atoms with Crippen molar-refractivity contribution in [3.05, 3.63) is 24.0 Å². The van der Waals surface area contributed by atoms with E-state index in [1.165, 1.54) is 16.8 Å². The number of nitrogens with zero attached hydrogens (tertiary/aromatic N) is 1. The molecule has 0 aromatic carbocycles. The fourth-order valence-electron chi connectivity index (χ4n) is 0.767. The van der Waals surface area contributed by atoms with Gasteiger partial charge in [0.05, 0.1) is 6.42 Å². The van der Waals surface area contributed by atoms with Crippen LogP contribution >= 0.6 is 0 Å². The first kappa shape index (κ1) is 7.53. The highest BCUT2D eigenvalue weighted by atomic mass is 16.4. The molecule has 1 rings (SSSR count). The molecule has 0 aliphatic carbocycles. The predicted molar refractivity (Wildman–Crippen MR) is 36.8 cm³/mol. The number of aromatic nitrogens is 1. The normalized spacial score (nSPS) is 9.45. The summed E-state index contributed by atoms with van der Waals surface area (Å²) in [6, 6.07) is 4.10. The van der Waals surface area contributed by atoms with Gasteiger partial charge in [0, 0.05) is 18.0 Å². The molecule has 0 aliphatic heterocycles. The Labute approximate surface area is 63.1 Å². The molecule has 1 N–H and O–H groups in total. The van der Waals surface area contributed by atoms with Gasteiger partial charge in [-0.25, -0.2) is 0 Å². The Hall–Kier alpha value is -1.58. The van der Waals surface area contributed by atoms with Crippen LogP contribution in [0.1, 0.15) is 5.69 Å². The monoisotopic (exact) mass is 152 g/mol. The van der Waals surface area contributed by atoms with Crippen molar-refractivity contribution >= 4 is 12.4 Å². The molecule has 1 radical (unpaired) electrons. The molecule has 57 valence electrons. The second kappa shape index (κ2) is 3.01. The summed E-state index contributed by atoms with van der Waals surface area (Å²) in [5.74, 6) is -0.958. The first-order chi connectivity index (χ1) is 5.24. The molecule has 1 heterocycles. The van der Waals surface area contributed by atoms with Gasteiger partial charge in [0.25, 0.3) is 0 Å². The van der Waals surface area contributed by atoms with Gasteiger partial charge in [-0.3, -0.25) is 14.2 Å². The average molecular weight is 152 g/mol. The number of hydrogen-bond acceptors (Lipinski definition) is 2. The van der Waals surface area contributed by atoms with Gasteiger partial charge in [-0.1, -0.05) is 0 Å². The van der Waals surface area contributed by atoms with E-state index in [9.17, 15) is 9.59 Å². The van der Waals surface area contributed by atoms with Crippen LogP contribution in [-0.4, -0.2) is 22.1 Å². The van der Waals surface area contributed by atoms with Crippen molar-refractivity contribution in [1.29, 1.82) is 0 Å². The molecule has 0 saturated heterocycles. The van der Waals surface area contributed by atoms with Gasteiger partial charge in [0.2, 0.25) is 6.41 Å². The topological polar surface area (TPSA) is 59.3 Å². The summed E-state index contributed by atoms with van der Waals surface area (Å²) >= 11 is 0. The zero-order valence-corrected chi connectivity index (χ0v) is 5.65. The number of carbonyl (C=O) groups is 2. The Morgan fingerprint density at radius 3 is 3.09 bits per heavy atom. The lowest BCUT2D eigenvalue weighted by molar-refractivity contribution is -0.136. The second-order valence-electron chi connectivity index (χ2n) is 2.01. The van der Waals surface area contributed by atoms with Gasteiger partial charge >= 0.3 is 5.97 Å². The van der Waals surface area contributed by atoms with Crippen molar-refractivity contribution in [3.8, 4) is 0 Å². The Morgan fingerprint density at radius 2 is 2.55 bits per heavy atom. The summed E-state index contributed by atoms with van der Waals surface area (Å²) in [5, 5.41) is 8.36. The van der Waals surface area contributed by atoms with Gasteiger partial charge in [0.1, 0.15) is 0 Å². The van der Waals surface area contributed by atoms with E-state index >= 15 is 0 Å². The van der Waals surface area contributed by atoms with Crippen molar-refractivity contribution in [2.24, 2.45) is 0 Å². The fourth-order valence-corrected chi connectivity index (χ4v) is 0.767. The maximum Gasteiger partial charge on any atom is 0.309 e. The second-order valence-corrected chi connectivity index (χ2v) is 2.01. The van der Waals surface area contributed by atoms with Gasteiger partial charge in [-0.15, -0.1) is 0 Å². The zero-order valence-electron chi connectivity index (χ0n) is 5.65.